The third-order valence-corrected chi connectivity index (χ3v) is 3.30. The lowest BCUT2D eigenvalue weighted by molar-refractivity contribution is 0.108. The molecule has 0 radical (unpaired) electrons. The summed E-state index contributed by atoms with van der Waals surface area (Å²) in [7, 11) is 0. The zero-order valence-electron chi connectivity index (χ0n) is 11.5. The second-order valence-electron chi connectivity index (χ2n) is 4.99. The van der Waals surface area contributed by atoms with E-state index in [9.17, 15) is 4.79 Å². The molecule has 0 bridgehead atoms. The van der Waals surface area contributed by atoms with Gasteiger partial charge in [0.25, 0.3) is 5.24 Å². The molecule has 0 aliphatic carbocycles. The molecule has 2 rings (SSSR count). The van der Waals surface area contributed by atoms with Crippen LogP contribution in [0.3, 0.4) is 0 Å². The fourth-order valence-electron chi connectivity index (χ4n) is 2.04. The molecular weight excluding hydrogens is 272 g/mol. The van der Waals surface area contributed by atoms with Crippen LogP contribution < -0.4 is 4.74 Å². The van der Waals surface area contributed by atoms with Crippen LogP contribution in [0.1, 0.15) is 35.9 Å². The van der Waals surface area contributed by atoms with Gasteiger partial charge >= 0.3 is 0 Å². The molecule has 0 amide bonds. The zero-order valence-corrected chi connectivity index (χ0v) is 12.3. The standard InChI is InChI=1S/C17H17ClO2/c1-12(2)16(13-6-4-3-5-7-13)20-15-10-8-14(9-11-15)17(18)19/h3-12,16H,1-2H3. The average Bonchev–Trinajstić information content (AvgIpc) is 2.46. The second kappa shape index (κ2) is 6.58. The van der Waals surface area contributed by atoms with Gasteiger partial charge in [-0.2, -0.15) is 0 Å². The smallest absolute Gasteiger partial charge is 0.252 e. The van der Waals surface area contributed by atoms with Gasteiger partial charge in [0.15, 0.2) is 0 Å². The molecule has 0 heterocycles. The van der Waals surface area contributed by atoms with E-state index in [-0.39, 0.29) is 6.10 Å². The Morgan fingerprint density at radius 2 is 1.60 bits per heavy atom. The highest BCUT2D eigenvalue weighted by Gasteiger charge is 2.17. The topological polar surface area (TPSA) is 26.3 Å². The minimum Gasteiger partial charge on any atom is -0.485 e. The molecule has 0 aliphatic heterocycles. The minimum atomic E-state index is -0.458. The first-order valence-electron chi connectivity index (χ1n) is 6.59. The molecule has 0 saturated heterocycles. The first kappa shape index (κ1) is 14.6. The van der Waals surface area contributed by atoms with Crippen LogP contribution in [0.5, 0.6) is 5.75 Å². The summed E-state index contributed by atoms with van der Waals surface area (Å²) in [6, 6.07) is 17.0. The molecule has 0 aliphatic rings. The Morgan fingerprint density at radius 3 is 2.10 bits per heavy atom. The zero-order chi connectivity index (χ0) is 14.5. The second-order valence-corrected chi connectivity index (χ2v) is 5.33. The van der Waals surface area contributed by atoms with Crippen LogP contribution in [0, 0.1) is 5.92 Å². The predicted molar refractivity (Wildman–Crippen MR) is 81.3 cm³/mol. The third-order valence-electron chi connectivity index (χ3n) is 3.08. The van der Waals surface area contributed by atoms with Gasteiger partial charge in [-0.15, -0.1) is 0 Å². The Morgan fingerprint density at radius 1 is 1.00 bits per heavy atom. The maximum absolute atomic E-state index is 11.0. The third kappa shape index (κ3) is 3.61. The van der Waals surface area contributed by atoms with Gasteiger partial charge in [0.05, 0.1) is 0 Å². The Balaban J connectivity index is 2.19. The summed E-state index contributed by atoms with van der Waals surface area (Å²) < 4.78 is 6.04. The van der Waals surface area contributed by atoms with Gasteiger partial charge in [-0.05, 0) is 47.3 Å². The van der Waals surface area contributed by atoms with Gasteiger partial charge in [0.1, 0.15) is 11.9 Å². The Bertz CT molecular complexity index is 561. The number of halogens is 1. The number of hydrogen-bond acceptors (Lipinski definition) is 2. The Hall–Kier alpha value is -1.80. The minimum absolute atomic E-state index is 0.0197. The summed E-state index contributed by atoms with van der Waals surface area (Å²) in [6.45, 7) is 4.24. The first-order chi connectivity index (χ1) is 9.58. The number of carbonyl (C=O) groups is 1. The van der Waals surface area contributed by atoms with Crippen molar-refractivity contribution in [3.63, 3.8) is 0 Å². The van der Waals surface area contributed by atoms with Crippen molar-refractivity contribution in [2.45, 2.75) is 20.0 Å². The molecule has 3 heteroatoms. The Kier molecular flexibility index (Phi) is 4.80. The van der Waals surface area contributed by atoms with E-state index in [4.69, 9.17) is 16.3 Å². The summed E-state index contributed by atoms with van der Waals surface area (Å²) in [5.41, 5.74) is 1.61. The summed E-state index contributed by atoms with van der Waals surface area (Å²) in [5.74, 6) is 1.07. The van der Waals surface area contributed by atoms with E-state index < -0.39 is 5.24 Å². The van der Waals surface area contributed by atoms with Crippen molar-refractivity contribution in [3.05, 3.63) is 65.7 Å². The Labute approximate surface area is 124 Å². The van der Waals surface area contributed by atoms with Crippen LogP contribution >= 0.6 is 11.6 Å². The van der Waals surface area contributed by atoms with E-state index in [1.54, 1.807) is 24.3 Å². The molecule has 104 valence electrons. The van der Waals surface area contributed by atoms with E-state index >= 15 is 0 Å². The monoisotopic (exact) mass is 288 g/mol. The summed E-state index contributed by atoms with van der Waals surface area (Å²) in [4.78, 5) is 11.0. The fraction of sp³-hybridized carbons (Fsp3) is 0.235. The van der Waals surface area contributed by atoms with Gasteiger partial charge in [-0.25, -0.2) is 0 Å². The van der Waals surface area contributed by atoms with Crippen molar-refractivity contribution in [1.29, 1.82) is 0 Å². The quantitative estimate of drug-likeness (QED) is 0.736. The van der Waals surface area contributed by atoms with Gasteiger partial charge in [-0.1, -0.05) is 44.2 Å². The number of ether oxygens (including phenoxy) is 1. The van der Waals surface area contributed by atoms with Gasteiger partial charge in [-0.3, -0.25) is 4.79 Å². The molecule has 2 nitrogen and oxygen atoms in total. The number of hydrogen-bond donors (Lipinski definition) is 0. The van der Waals surface area contributed by atoms with Crippen LogP contribution in [0.15, 0.2) is 54.6 Å². The summed E-state index contributed by atoms with van der Waals surface area (Å²) in [6.07, 6.45) is -0.0197. The summed E-state index contributed by atoms with van der Waals surface area (Å²) >= 11 is 5.43. The van der Waals surface area contributed by atoms with Crippen molar-refractivity contribution in [2.75, 3.05) is 0 Å². The number of carbonyl (C=O) groups excluding carboxylic acids is 1. The molecule has 0 fully saturated rings. The van der Waals surface area contributed by atoms with Crippen LogP contribution in [0.4, 0.5) is 0 Å². The molecule has 2 aromatic rings. The number of benzene rings is 2. The van der Waals surface area contributed by atoms with Gasteiger partial charge in [0.2, 0.25) is 0 Å². The lowest BCUT2D eigenvalue weighted by atomic mass is 9.99. The highest BCUT2D eigenvalue weighted by molar-refractivity contribution is 6.67. The van der Waals surface area contributed by atoms with Crippen molar-refractivity contribution in [2.24, 2.45) is 5.92 Å². The van der Waals surface area contributed by atoms with E-state index in [0.717, 1.165) is 11.3 Å². The van der Waals surface area contributed by atoms with Crippen LogP contribution in [-0.4, -0.2) is 5.24 Å². The van der Waals surface area contributed by atoms with Crippen molar-refractivity contribution < 1.29 is 9.53 Å². The van der Waals surface area contributed by atoms with Crippen LogP contribution in [-0.2, 0) is 0 Å². The van der Waals surface area contributed by atoms with Crippen molar-refractivity contribution in [3.8, 4) is 5.75 Å². The largest absolute Gasteiger partial charge is 0.485 e. The average molecular weight is 289 g/mol. The van der Waals surface area contributed by atoms with Gasteiger partial charge < -0.3 is 4.74 Å². The molecule has 0 aromatic heterocycles. The fourth-order valence-corrected chi connectivity index (χ4v) is 2.17. The molecule has 20 heavy (non-hydrogen) atoms. The normalized spacial score (nSPS) is 12.2. The molecule has 2 aromatic carbocycles. The SMILES string of the molecule is CC(C)C(Oc1ccc(C(=O)Cl)cc1)c1ccccc1. The lowest BCUT2D eigenvalue weighted by Gasteiger charge is -2.23. The van der Waals surface area contributed by atoms with E-state index in [1.165, 1.54) is 0 Å². The van der Waals surface area contributed by atoms with E-state index in [0.29, 0.717) is 11.5 Å². The molecule has 0 spiro atoms. The maximum Gasteiger partial charge on any atom is 0.252 e. The lowest BCUT2D eigenvalue weighted by Crippen LogP contribution is -2.14. The predicted octanol–water partition coefficient (Wildman–Crippen LogP) is 4.84. The van der Waals surface area contributed by atoms with Crippen LogP contribution in [0.2, 0.25) is 0 Å². The maximum atomic E-state index is 11.0. The van der Waals surface area contributed by atoms with E-state index in [2.05, 4.69) is 26.0 Å². The summed E-state index contributed by atoms with van der Waals surface area (Å²) in [5, 5.41) is -0.458. The molecule has 0 N–H and O–H groups in total. The number of rotatable bonds is 5. The highest BCUT2D eigenvalue weighted by atomic mass is 35.5. The first-order valence-corrected chi connectivity index (χ1v) is 6.97. The molecule has 1 unspecified atom stereocenters. The molecule has 0 saturated carbocycles. The van der Waals surface area contributed by atoms with Gasteiger partial charge in [0, 0.05) is 5.56 Å². The highest BCUT2D eigenvalue weighted by Crippen LogP contribution is 2.28. The van der Waals surface area contributed by atoms with Crippen LogP contribution in [0.25, 0.3) is 0 Å². The molecular formula is C17H17ClO2. The molecule has 1 atom stereocenters. The van der Waals surface area contributed by atoms with E-state index in [1.807, 2.05) is 18.2 Å². The van der Waals surface area contributed by atoms with Crippen molar-refractivity contribution >= 4 is 16.8 Å². The van der Waals surface area contributed by atoms with Crippen molar-refractivity contribution in [1.82, 2.24) is 0 Å².